The van der Waals surface area contributed by atoms with Gasteiger partial charge in [0.1, 0.15) is 6.61 Å². The van der Waals surface area contributed by atoms with Gasteiger partial charge < -0.3 is 9.47 Å². The zero-order valence-corrected chi connectivity index (χ0v) is 10.7. The van der Waals surface area contributed by atoms with E-state index in [0.29, 0.717) is 0 Å². The molecule has 0 atom stereocenters. The first-order chi connectivity index (χ1) is 9.31. The van der Waals surface area contributed by atoms with Crippen LogP contribution in [0.4, 0.5) is 4.79 Å². The maximum absolute atomic E-state index is 11.5. The zero-order chi connectivity index (χ0) is 13.5. The number of carbonyl (C=O) groups excluding carboxylic acids is 1. The fourth-order valence-electron chi connectivity index (χ4n) is 1.80. The van der Waals surface area contributed by atoms with Crippen LogP contribution in [0, 0.1) is 6.61 Å². The first-order valence-electron chi connectivity index (χ1n) is 6.06. The molecule has 0 aliphatic carbocycles. The third-order valence-corrected chi connectivity index (χ3v) is 2.63. The molecule has 3 heteroatoms. The number of hydrogen-bond acceptors (Lipinski definition) is 3. The van der Waals surface area contributed by atoms with Crippen molar-refractivity contribution in [1.29, 1.82) is 0 Å². The molecule has 19 heavy (non-hydrogen) atoms. The molecular formula is C16H15O3. The molecule has 0 aliphatic heterocycles. The topological polar surface area (TPSA) is 35.5 Å². The Bertz CT molecular complexity index is 469. The minimum atomic E-state index is -0.708. The predicted molar refractivity (Wildman–Crippen MR) is 72.3 cm³/mol. The minimum absolute atomic E-state index is 0.463. The first-order valence-corrected chi connectivity index (χ1v) is 6.06. The number of ether oxygens (including phenoxy) is 2. The van der Waals surface area contributed by atoms with Crippen LogP contribution in [-0.2, 0) is 9.47 Å². The summed E-state index contributed by atoms with van der Waals surface area (Å²) in [6, 6.07) is 19.1. The molecule has 2 aromatic rings. The van der Waals surface area contributed by atoms with Gasteiger partial charge in [-0.25, -0.2) is 4.79 Å². The Morgan fingerprint density at radius 2 is 1.42 bits per heavy atom. The van der Waals surface area contributed by atoms with Crippen LogP contribution in [0.1, 0.15) is 24.2 Å². The van der Waals surface area contributed by atoms with E-state index in [1.165, 1.54) is 6.61 Å². The summed E-state index contributed by atoms with van der Waals surface area (Å²) >= 11 is 0. The molecule has 0 heterocycles. The van der Waals surface area contributed by atoms with Crippen molar-refractivity contribution < 1.29 is 14.3 Å². The molecule has 0 bridgehead atoms. The summed E-state index contributed by atoms with van der Waals surface area (Å²) < 4.78 is 10.1. The van der Waals surface area contributed by atoms with E-state index >= 15 is 0 Å². The van der Waals surface area contributed by atoms with Gasteiger partial charge in [-0.2, -0.15) is 0 Å². The lowest BCUT2D eigenvalue weighted by molar-refractivity contribution is 0.0517. The third-order valence-electron chi connectivity index (χ3n) is 2.63. The molecule has 0 aromatic heterocycles. The van der Waals surface area contributed by atoms with Gasteiger partial charge in [0.05, 0.1) is 0 Å². The van der Waals surface area contributed by atoms with Gasteiger partial charge in [-0.15, -0.1) is 0 Å². The van der Waals surface area contributed by atoms with E-state index in [-0.39, 0.29) is 0 Å². The largest absolute Gasteiger partial charge is 0.509 e. The second kappa shape index (κ2) is 6.59. The molecule has 3 nitrogen and oxygen atoms in total. The zero-order valence-electron chi connectivity index (χ0n) is 10.7. The quantitative estimate of drug-likeness (QED) is 0.771. The van der Waals surface area contributed by atoms with Crippen molar-refractivity contribution in [2.45, 2.75) is 13.0 Å². The van der Waals surface area contributed by atoms with Crippen LogP contribution < -0.4 is 0 Å². The highest BCUT2D eigenvalue weighted by Gasteiger charge is 2.19. The second-order valence-electron chi connectivity index (χ2n) is 3.92. The smallest absolute Gasteiger partial charge is 0.427 e. The van der Waals surface area contributed by atoms with Crippen LogP contribution in [0.25, 0.3) is 0 Å². The first kappa shape index (κ1) is 13.1. The lowest BCUT2D eigenvalue weighted by Crippen LogP contribution is -2.12. The molecule has 0 N–H and O–H groups in total. The average molecular weight is 255 g/mol. The minimum Gasteiger partial charge on any atom is -0.427 e. The fourth-order valence-corrected chi connectivity index (χ4v) is 1.80. The van der Waals surface area contributed by atoms with Crippen molar-refractivity contribution in [3.8, 4) is 0 Å². The lowest BCUT2D eigenvalue weighted by Gasteiger charge is -2.18. The molecule has 1 radical (unpaired) electrons. The lowest BCUT2D eigenvalue weighted by atomic mass is 10.0. The average Bonchev–Trinajstić information content (AvgIpc) is 2.47. The van der Waals surface area contributed by atoms with E-state index in [1.807, 2.05) is 60.7 Å². The molecule has 0 saturated carbocycles. The maximum atomic E-state index is 11.5. The van der Waals surface area contributed by atoms with Gasteiger partial charge in [0, 0.05) is 0 Å². The van der Waals surface area contributed by atoms with Crippen molar-refractivity contribution in [2.75, 3.05) is 0 Å². The van der Waals surface area contributed by atoms with Crippen molar-refractivity contribution in [2.24, 2.45) is 0 Å². The summed E-state index contributed by atoms with van der Waals surface area (Å²) in [4.78, 5) is 11.5. The van der Waals surface area contributed by atoms with Crippen molar-refractivity contribution in [3.63, 3.8) is 0 Å². The molecule has 0 aliphatic rings. The molecule has 2 aromatic carbocycles. The molecule has 0 spiro atoms. The van der Waals surface area contributed by atoms with Gasteiger partial charge in [0.15, 0.2) is 6.10 Å². The molecular weight excluding hydrogens is 240 g/mol. The Balaban J connectivity index is 2.26. The number of hydrogen-bond donors (Lipinski definition) is 0. The molecule has 2 rings (SSSR count). The number of benzene rings is 2. The van der Waals surface area contributed by atoms with Crippen LogP contribution in [0.3, 0.4) is 0 Å². The second-order valence-corrected chi connectivity index (χ2v) is 3.92. The summed E-state index contributed by atoms with van der Waals surface area (Å²) in [6.07, 6.45) is -1.17. The van der Waals surface area contributed by atoms with E-state index in [4.69, 9.17) is 9.47 Å². The van der Waals surface area contributed by atoms with E-state index in [0.717, 1.165) is 11.1 Å². The number of carbonyl (C=O) groups is 1. The molecule has 0 unspecified atom stereocenters. The van der Waals surface area contributed by atoms with Crippen LogP contribution in [0.15, 0.2) is 60.7 Å². The highest BCUT2D eigenvalue weighted by atomic mass is 16.7. The normalized spacial score (nSPS) is 10.2. The fraction of sp³-hybridized carbons (Fsp3) is 0.125. The molecule has 0 fully saturated rings. The Hall–Kier alpha value is -2.29. The Labute approximate surface area is 112 Å². The van der Waals surface area contributed by atoms with Crippen molar-refractivity contribution in [3.05, 3.63) is 78.4 Å². The number of rotatable bonds is 4. The van der Waals surface area contributed by atoms with Gasteiger partial charge >= 0.3 is 6.16 Å². The highest BCUT2D eigenvalue weighted by Crippen LogP contribution is 2.26. The SMILES string of the molecule is C[CH]OC(=O)OC(c1ccccc1)c1ccccc1. The van der Waals surface area contributed by atoms with Crippen LogP contribution >= 0.6 is 0 Å². The van der Waals surface area contributed by atoms with E-state index in [2.05, 4.69) is 0 Å². The van der Waals surface area contributed by atoms with Crippen LogP contribution in [0.2, 0.25) is 0 Å². The standard InChI is InChI=1S/C16H15O3/c1-2-18-16(17)19-15(13-9-5-3-6-10-13)14-11-7-4-8-12-14/h2-12,15H,1H3. The van der Waals surface area contributed by atoms with Gasteiger partial charge in [-0.1, -0.05) is 60.7 Å². The summed E-state index contributed by atoms with van der Waals surface area (Å²) in [6.45, 7) is 2.93. The van der Waals surface area contributed by atoms with E-state index in [9.17, 15) is 4.79 Å². The Kier molecular flexibility index (Phi) is 4.56. The maximum Gasteiger partial charge on any atom is 0.509 e. The molecule has 0 amide bonds. The molecule has 97 valence electrons. The van der Waals surface area contributed by atoms with E-state index < -0.39 is 12.3 Å². The van der Waals surface area contributed by atoms with Crippen LogP contribution in [-0.4, -0.2) is 6.16 Å². The third kappa shape index (κ3) is 3.58. The molecule has 0 saturated heterocycles. The van der Waals surface area contributed by atoms with Gasteiger partial charge in [0.2, 0.25) is 0 Å². The van der Waals surface area contributed by atoms with Crippen molar-refractivity contribution >= 4 is 6.16 Å². The summed E-state index contributed by atoms with van der Waals surface area (Å²) in [5.74, 6) is 0. The van der Waals surface area contributed by atoms with Gasteiger partial charge in [-0.3, -0.25) is 0 Å². The van der Waals surface area contributed by atoms with Gasteiger partial charge in [0.25, 0.3) is 0 Å². The summed E-state index contributed by atoms with van der Waals surface area (Å²) in [5.41, 5.74) is 1.81. The summed E-state index contributed by atoms with van der Waals surface area (Å²) in [5, 5.41) is 0. The monoisotopic (exact) mass is 255 g/mol. The van der Waals surface area contributed by atoms with Gasteiger partial charge in [-0.05, 0) is 18.1 Å². The summed E-state index contributed by atoms with van der Waals surface area (Å²) in [7, 11) is 0. The van der Waals surface area contributed by atoms with Crippen LogP contribution in [0.5, 0.6) is 0 Å². The Morgan fingerprint density at radius 3 is 1.84 bits per heavy atom. The Morgan fingerprint density at radius 1 is 0.947 bits per heavy atom. The highest BCUT2D eigenvalue weighted by molar-refractivity contribution is 5.61. The van der Waals surface area contributed by atoms with E-state index in [1.54, 1.807) is 6.92 Å². The predicted octanol–water partition coefficient (Wildman–Crippen LogP) is 4.11. The van der Waals surface area contributed by atoms with Crippen molar-refractivity contribution in [1.82, 2.24) is 0 Å².